The Balaban J connectivity index is 2.67. The summed E-state index contributed by atoms with van der Waals surface area (Å²) in [5, 5.41) is 3.47. The van der Waals surface area contributed by atoms with Gasteiger partial charge in [-0.1, -0.05) is 27.2 Å². The van der Waals surface area contributed by atoms with Crippen molar-refractivity contribution in [3.05, 3.63) is 0 Å². The quantitative estimate of drug-likeness (QED) is 0.757. The van der Waals surface area contributed by atoms with Gasteiger partial charge < -0.3 is 9.64 Å². The smallest absolute Gasteiger partial charge is 0.241 e. The van der Waals surface area contributed by atoms with Gasteiger partial charge in [-0.3, -0.25) is 10.1 Å². The van der Waals surface area contributed by atoms with Crippen LogP contribution in [0.5, 0.6) is 0 Å². The van der Waals surface area contributed by atoms with Crippen LogP contribution in [0.15, 0.2) is 0 Å². The van der Waals surface area contributed by atoms with E-state index in [0.717, 1.165) is 19.3 Å². The minimum Gasteiger partial charge on any atom is -0.380 e. The van der Waals surface area contributed by atoms with Gasteiger partial charge in [0.15, 0.2) is 0 Å². The molecule has 4 nitrogen and oxygen atoms in total. The first-order chi connectivity index (χ1) is 8.49. The molecule has 1 rings (SSSR count). The van der Waals surface area contributed by atoms with Crippen LogP contribution in [0.4, 0.5) is 0 Å². The average Bonchev–Trinajstić information content (AvgIpc) is 2.57. The Hall–Kier alpha value is -0.610. The van der Waals surface area contributed by atoms with Crippen molar-refractivity contribution in [3.63, 3.8) is 0 Å². The number of nitrogens with one attached hydrogen (secondary N) is 1. The number of ether oxygens (including phenoxy) is 1. The van der Waals surface area contributed by atoms with E-state index in [4.69, 9.17) is 4.74 Å². The van der Waals surface area contributed by atoms with Crippen LogP contribution >= 0.6 is 0 Å². The van der Waals surface area contributed by atoms with Crippen molar-refractivity contribution in [3.8, 4) is 0 Å². The van der Waals surface area contributed by atoms with Crippen molar-refractivity contribution in [2.75, 3.05) is 13.7 Å². The third-order valence-corrected chi connectivity index (χ3v) is 3.48. The fourth-order valence-electron chi connectivity index (χ4n) is 2.47. The monoisotopic (exact) mass is 256 g/mol. The molecule has 1 heterocycles. The van der Waals surface area contributed by atoms with E-state index in [1.54, 1.807) is 7.11 Å². The second kappa shape index (κ2) is 7.10. The first kappa shape index (κ1) is 15.4. The molecule has 1 N–H and O–H groups in total. The number of amides is 1. The number of rotatable bonds is 7. The molecule has 1 aliphatic rings. The molecule has 0 spiro atoms. The predicted molar refractivity (Wildman–Crippen MR) is 73.3 cm³/mol. The van der Waals surface area contributed by atoms with E-state index in [2.05, 4.69) is 26.1 Å². The van der Waals surface area contributed by atoms with Crippen LogP contribution in [-0.4, -0.2) is 42.8 Å². The van der Waals surface area contributed by atoms with Gasteiger partial charge in [-0.25, -0.2) is 0 Å². The van der Waals surface area contributed by atoms with E-state index in [-0.39, 0.29) is 24.2 Å². The van der Waals surface area contributed by atoms with Gasteiger partial charge in [-0.15, -0.1) is 0 Å². The molecular weight excluding hydrogens is 228 g/mol. The van der Waals surface area contributed by atoms with Crippen molar-refractivity contribution < 1.29 is 9.53 Å². The lowest BCUT2D eigenvalue weighted by Gasteiger charge is -2.26. The molecule has 106 valence electrons. The molecule has 4 heteroatoms. The SMILES string of the molecule is CCCC1NC(CC(C)C)C(=O)N1CC(C)OC. The first-order valence-corrected chi connectivity index (χ1v) is 7.08. The second-order valence-electron chi connectivity index (χ2n) is 5.69. The van der Waals surface area contributed by atoms with E-state index < -0.39 is 0 Å². The first-order valence-electron chi connectivity index (χ1n) is 7.08. The molecule has 3 unspecified atom stereocenters. The zero-order valence-electron chi connectivity index (χ0n) is 12.4. The summed E-state index contributed by atoms with van der Waals surface area (Å²) in [5.74, 6) is 0.777. The fraction of sp³-hybridized carbons (Fsp3) is 0.929. The van der Waals surface area contributed by atoms with Crippen LogP contribution in [0.3, 0.4) is 0 Å². The average molecular weight is 256 g/mol. The van der Waals surface area contributed by atoms with Gasteiger partial charge in [0.2, 0.25) is 5.91 Å². The zero-order valence-corrected chi connectivity index (χ0v) is 12.4. The summed E-state index contributed by atoms with van der Waals surface area (Å²) in [6, 6.07) is -0.00870. The van der Waals surface area contributed by atoms with Crippen LogP contribution in [0.2, 0.25) is 0 Å². The highest BCUT2D eigenvalue weighted by molar-refractivity contribution is 5.84. The Labute approximate surface area is 111 Å². The summed E-state index contributed by atoms with van der Waals surface area (Å²) in [7, 11) is 1.69. The Morgan fingerprint density at radius 1 is 1.39 bits per heavy atom. The number of carbonyl (C=O) groups is 1. The summed E-state index contributed by atoms with van der Waals surface area (Å²) in [4.78, 5) is 14.3. The maximum atomic E-state index is 12.4. The molecule has 0 aromatic carbocycles. The third-order valence-electron chi connectivity index (χ3n) is 3.48. The lowest BCUT2D eigenvalue weighted by atomic mass is 10.0. The Kier molecular flexibility index (Phi) is 6.09. The lowest BCUT2D eigenvalue weighted by molar-refractivity contribution is -0.131. The number of nitrogens with zero attached hydrogens (tertiary/aromatic N) is 1. The molecule has 1 saturated heterocycles. The zero-order chi connectivity index (χ0) is 13.7. The van der Waals surface area contributed by atoms with Crippen LogP contribution in [-0.2, 0) is 9.53 Å². The molecule has 0 saturated carbocycles. The largest absolute Gasteiger partial charge is 0.380 e. The number of hydrogen-bond donors (Lipinski definition) is 1. The number of carbonyl (C=O) groups excluding carboxylic acids is 1. The van der Waals surface area contributed by atoms with Gasteiger partial charge in [-0.2, -0.15) is 0 Å². The van der Waals surface area contributed by atoms with E-state index >= 15 is 0 Å². The molecule has 0 bridgehead atoms. The van der Waals surface area contributed by atoms with E-state index in [1.807, 2.05) is 11.8 Å². The summed E-state index contributed by atoms with van der Waals surface area (Å²) in [5.41, 5.74) is 0. The summed E-state index contributed by atoms with van der Waals surface area (Å²) in [6.45, 7) is 9.15. The standard InChI is InChI=1S/C14H28N2O2/c1-6-7-13-15-12(8-10(2)3)14(17)16(13)9-11(4)18-5/h10-13,15H,6-9H2,1-5H3. The summed E-state index contributed by atoms with van der Waals surface area (Å²) < 4.78 is 5.28. The van der Waals surface area contributed by atoms with Crippen LogP contribution in [0.1, 0.15) is 47.0 Å². The summed E-state index contributed by atoms with van der Waals surface area (Å²) >= 11 is 0. The maximum Gasteiger partial charge on any atom is 0.241 e. The molecule has 18 heavy (non-hydrogen) atoms. The highest BCUT2D eigenvalue weighted by atomic mass is 16.5. The Morgan fingerprint density at radius 3 is 2.56 bits per heavy atom. The third kappa shape index (κ3) is 3.95. The van der Waals surface area contributed by atoms with Crippen molar-refractivity contribution in [2.24, 2.45) is 5.92 Å². The normalized spacial score (nSPS) is 26.1. The van der Waals surface area contributed by atoms with Crippen molar-refractivity contribution in [1.29, 1.82) is 0 Å². The van der Waals surface area contributed by atoms with Crippen molar-refractivity contribution >= 4 is 5.91 Å². The van der Waals surface area contributed by atoms with E-state index in [0.29, 0.717) is 12.5 Å². The van der Waals surface area contributed by atoms with Crippen LogP contribution in [0.25, 0.3) is 0 Å². The number of methoxy groups -OCH3 is 1. The molecule has 1 fully saturated rings. The van der Waals surface area contributed by atoms with Gasteiger partial charge in [0.05, 0.1) is 18.3 Å². The van der Waals surface area contributed by atoms with Crippen molar-refractivity contribution in [2.45, 2.75) is 65.3 Å². The molecule has 1 aliphatic heterocycles. The van der Waals surface area contributed by atoms with E-state index in [1.165, 1.54) is 0 Å². The minimum absolute atomic E-state index is 0.00870. The number of hydrogen-bond acceptors (Lipinski definition) is 3. The minimum atomic E-state index is -0.00870. The van der Waals surface area contributed by atoms with Gasteiger partial charge in [0.25, 0.3) is 0 Å². The highest BCUT2D eigenvalue weighted by Crippen LogP contribution is 2.20. The predicted octanol–water partition coefficient (Wildman–Crippen LogP) is 1.99. The second-order valence-corrected chi connectivity index (χ2v) is 5.69. The lowest BCUT2D eigenvalue weighted by Crippen LogP contribution is -2.41. The molecule has 1 amide bonds. The Morgan fingerprint density at radius 2 is 2.06 bits per heavy atom. The molecular formula is C14H28N2O2. The maximum absolute atomic E-state index is 12.4. The summed E-state index contributed by atoms with van der Waals surface area (Å²) in [6.07, 6.45) is 3.28. The van der Waals surface area contributed by atoms with Gasteiger partial charge in [0, 0.05) is 13.7 Å². The van der Waals surface area contributed by atoms with Crippen LogP contribution in [0, 0.1) is 5.92 Å². The van der Waals surface area contributed by atoms with E-state index in [9.17, 15) is 4.79 Å². The molecule has 0 aromatic rings. The molecule has 0 radical (unpaired) electrons. The van der Waals surface area contributed by atoms with Crippen LogP contribution < -0.4 is 5.32 Å². The fourth-order valence-corrected chi connectivity index (χ4v) is 2.47. The topological polar surface area (TPSA) is 41.6 Å². The Bertz CT molecular complexity index is 269. The molecule has 0 aliphatic carbocycles. The highest BCUT2D eigenvalue weighted by Gasteiger charge is 2.38. The van der Waals surface area contributed by atoms with Gasteiger partial charge in [0.1, 0.15) is 0 Å². The van der Waals surface area contributed by atoms with Crippen molar-refractivity contribution in [1.82, 2.24) is 10.2 Å². The molecule has 0 aromatic heterocycles. The van der Waals surface area contributed by atoms with Gasteiger partial charge in [-0.05, 0) is 25.7 Å². The molecule has 3 atom stereocenters. The van der Waals surface area contributed by atoms with Gasteiger partial charge >= 0.3 is 0 Å².